The Balaban J connectivity index is 1.09. The first-order valence-electron chi connectivity index (χ1n) is 13.9. The van der Waals surface area contributed by atoms with Gasteiger partial charge in [0.25, 0.3) is 5.91 Å². The van der Waals surface area contributed by atoms with Crippen LogP contribution in [-0.2, 0) is 20.7 Å². The second-order valence-corrected chi connectivity index (χ2v) is 10.6. The van der Waals surface area contributed by atoms with Crippen LogP contribution in [0.15, 0.2) is 42.5 Å². The van der Waals surface area contributed by atoms with Crippen LogP contribution in [0.3, 0.4) is 0 Å². The molecule has 3 aromatic rings. The van der Waals surface area contributed by atoms with Gasteiger partial charge >= 0.3 is 11.9 Å². The number of H-pyrrole nitrogens is 1. The number of fused-ring (bicyclic) bond motifs is 6. The summed E-state index contributed by atoms with van der Waals surface area (Å²) in [5.74, 6) is -0.366. The lowest BCUT2D eigenvalue weighted by Gasteiger charge is -2.46. The molecule has 9 heteroatoms. The molecular formula is C30H34N4O5. The number of aromatic nitrogens is 1. The number of nitrogens with zero attached hydrogens (tertiary/aromatic N) is 3. The maximum absolute atomic E-state index is 13.2. The van der Waals surface area contributed by atoms with Crippen LogP contribution in [0.1, 0.15) is 59.9 Å². The fraction of sp³-hybridized carbons (Fsp3) is 0.433. The molecule has 1 amide bonds. The van der Waals surface area contributed by atoms with Crippen molar-refractivity contribution in [2.24, 2.45) is 0 Å². The van der Waals surface area contributed by atoms with Crippen molar-refractivity contribution in [2.45, 2.75) is 44.7 Å². The molecule has 1 saturated heterocycles. The first-order valence-corrected chi connectivity index (χ1v) is 13.9. The van der Waals surface area contributed by atoms with Crippen LogP contribution in [0.5, 0.6) is 5.75 Å². The standard InChI is InChI=1S/C30H34N4O5/c1-32-25-8-4-3-7-22(25)30(37)34-16-13-21-23-19-20(9-10-24(23)31-28(21)29(32)34)39-27(36)12-11-26(35)38-18-17-33-14-5-2-6-15-33/h3-4,7-10,19,29,31H,2,5-6,11-18H2,1H3. The maximum atomic E-state index is 13.2. The second-order valence-electron chi connectivity index (χ2n) is 10.6. The highest BCUT2D eigenvalue weighted by atomic mass is 16.5. The Hall–Kier alpha value is -3.85. The third kappa shape index (κ3) is 4.98. The van der Waals surface area contributed by atoms with Gasteiger partial charge in [0.05, 0.1) is 29.8 Å². The summed E-state index contributed by atoms with van der Waals surface area (Å²) in [6.45, 7) is 3.81. The lowest BCUT2D eigenvalue weighted by molar-refractivity contribution is -0.147. The zero-order valence-electron chi connectivity index (χ0n) is 22.3. The molecule has 6 rings (SSSR count). The first kappa shape index (κ1) is 25.4. The molecule has 0 aliphatic carbocycles. The fourth-order valence-corrected chi connectivity index (χ4v) is 6.11. The van der Waals surface area contributed by atoms with Crippen LogP contribution in [0.4, 0.5) is 5.69 Å². The smallest absolute Gasteiger partial charge is 0.311 e. The predicted molar refractivity (Wildman–Crippen MR) is 147 cm³/mol. The Labute approximate surface area is 227 Å². The Morgan fingerprint density at radius 3 is 2.64 bits per heavy atom. The van der Waals surface area contributed by atoms with Gasteiger partial charge in [0.2, 0.25) is 0 Å². The van der Waals surface area contributed by atoms with E-state index in [-0.39, 0.29) is 30.9 Å². The quantitative estimate of drug-likeness (QED) is 0.364. The molecule has 1 aromatic heterocycles. The fourth-order valence-electron chi connectivity index (χ4n) is 6.11. The van der Waals surface area contributed by atoms with Crippen molar-refractivity contribution >= 4 is 34.4 Å². The lowest BCUT2D eigenvalue weighted by Crippen LogP contribution is -2.51. The number of hydrogen-bond acceptors (Lipinski definition) is 7. The Kier molecular flexibility index (Phi) is 6.99. The number of nitrogens with one attached hydrogen (secondary N) is 1. The van der Waals surface area contributed by atoms with Gasteiger partial charge in [-0.15, -0.1) is 0 Å². The zero-order valence-corrected chi connectivity index (χ0v) is 22.3. The minimum Gasteiger partial charge on any atom is -0.464 e. The average Bonchev–Trinajstić information content (AvgIpc) is 3.33. The van der Waals surface area contributed by atoms with Crippen molar-refractivity contribution in [3.63, 3.8) is 0 Å². The molecule has 4 heterocycles. The van der Waals surface area contributed by atoms with E-state index in [0.717, 1.165) is 53.0 Å². The molecule has 1 unspecified atom stereocenters. The van der Waals surface area contributed by atoms with E-state index in [1.807, 2.05) is 48.3 Å². The summed E-state index contributed by atoms with van der Waals surface area (Å²) >= 11 is 0. The van der Waals surface area contributed by atoms with Gasteiger partial charge in [-0.25, -0.2) is 0 Å². The summed E-state index contributed by atoms with van der Waals surface area (Å²) in [6.07, 6.45) is 4.10. The molecular weight excluding hydrogens is 496 g/mol. The monoisotopic (exact) mass is 530 g/mol. The molecule has 1 N–H and O–H groups in total. The molecule has 3 aliphatic rings. The van der Waals surface area contributed by atoms with Crippen molar-refractivity contribution in [1.82, 2.24) is 14.8 Å². The van der Waals surface area contributed by atoms with Crippen LogP contribution in [0, 0.1) is 0 Å². The average molecular weight is 531 g/mol. The van der Waals surface area contributed by atoms with Crippen molar-refractivity contribution < 1.29 is 23.9 Å². The minimum absolute atomic E-state index is 0.0000172. The van der Waals surface area contributed by atoms with Crippen molar-refractivity contribution in [2.75, 3.05) is 44.7 Å². The first-order chi connectivity index (χ1) is 19.0. The molecule has 1 atom stereocenters. The largest absolute Gasteiger partial charge is 0.464 e. The summed E-state index contributed by atoms with van der Waals surface area (Å²) in [5.41, 5.74) is 4.67. The Bertz CT molecular complexity index is 1410. The topological polar surface area (TPSA) is 95.2 Å². The third-order valence-electron chi connectivity index (χ3n) is 8.09. The molecule has 0 bridgehead atoms. The highest BCUT2D eigenvalue weighted by Gasteiger charge is 2.41. The number of esters is 2. The van der Waals surface area contributed by atoms with E-state index in [4.69, 9.17) is 9.47 Å². The molecule has 9 nitrogen and oxygen atoms in total. The van der Waals surface area contributed by atoms with E-state index < -0.39 is 5.97 Å². The SMILES string of the molecule is CN1c2ccccc2C(=O)N2CCc3c([nH]c4ccc(OC(=O)CCC(=O)OCCN5CCCCC5)cc34)C21. The number of para-hydroxylation sites is 1. The van der Waals surface area contributed by atoms with Crippen molar-refractivity contribution in [1.29, 1.82) is 0 Å². The number of benzene rings is 2. The number of hydrogen-bond donors (Lipinski definition) is 1. The second kappa shape index (κ2) is 10.7. The van der Waals surface area contributed by atoms with Crippen molar-refractivity contribution in [3.05, 3.63) is 59.3 Å². The number of ether oxygens (including phenoxy) is 2. The Morgan fingerprint density at radius 1 is 1.00 bits per heavy atom. The van der Waals surface area contributed by atoms with E-state index in [2.05, 4.69) is 14.8 Å². The summed E-state index contributed by atoms with van der Waals surface area (Å²) in [5, 5.41) is 0.979. The molecule has 3 aliphatic heterocycles. The van der Waals surface area contributed by atoms with Gasteiger partial charge in [0, 0.05) is 31.0 Å². The number of rotatable bonds is 7. The summed E-state index contributed by atoms with van der Waals surface area (Å²) in [4.78, 5) is 47.7. The van der Waals surface area contributed by atoms with E-state index >= 15 is 0 Å². The van der Waals surface area contributed by atoms with Crippen LogP contribution in [0.25, 0.3) is 10.9 Å². The van der Waals surface area contributed by atoms with E-state index in [1.54, 1.807) is 6.07 Å². The van der Waals surface area contributed by atoms with Gasteiger partial charge in [0.15, 0.2) is 0 Å². The number of amides is 1. The summed E-state index contributed by atoms with van der Waals surface area (Å²) < 4.78 is 10.9. The summed E-state index contributed by atoms with van der Waals surface area (Å²) in [6, 6.07) is 13.2. The number of likely N-dealkylation sites (tertiary alicyclic amines) is 1. The molecule has 2 aromatic carbocycles. The minimum atomic E-state index is -0.466. The van der Waals surface area contributed by atoms with Gasteiger partial charge in [-0.05, 0) is 68.2 Å². The highest BCUT2D eigenvalue weighted by molar-refractivity contribution is 6.02. The number of anilines is 1. The van der Waals surface area contributed by atoms with Gasteiger partial charge in [-0.3, -0.25) is 19.3 Å². The normalized spacial score (nSPS) is 18.9. The van der Waals surface area contributed by atoms with Gasteiger partial charge < -0.3 is 24.3 Å². The van der Waals surface area contributed by atoms with E-state index in [1.165, 1.54) is 19.3 Å². The van der Waals surface area contributed by atoms with Gasteiger partial charge in [-0.2, -0.15) is 0 Å². The molecule has 204 valence electrons. The third-order valence-corrected chi connectivity index (χ3v) is 8.09. The van der Waals surface area contributed by atoms with Crippen LogP contribution in [0.2, 0.25) is 0 Å². The van der Waals surface area contributed by atoms with Crippen LogP contribution in [-0.4, -0.2) is 72.5 Å². The van der Waals surface area contributed by atoms with Gasteiger partial charge in [0.1, 0.15) is 18.5 Å². The number of carbonyl (C=O) groups excluding carboxylic acids is 3. The number of carbonyl (C=O) groups is 3. The molecule has 39 heavy (non-hydrogen) atoms. The number of piperidine rings is 1. The lowest BCUT2D eigenvalue weighted by atomic mass is 9.96. The van der Waals surface area contributed by atoms with E-state index in [9.17, 15) is 14.4 Å². The number of aromatic amines is 1. The Morgan fingerprint density at radius 2 is 1.79 bits per heavy atom. The molecule has 0 saturated carbocycles. The predicted octanol–water partition coefficient (Wildman–Crippen LogP) is 4.03. The highest BCUT2D eigenvalue weighted by Crippen LogP contribution is 2.43. The van der Waals surface area contributed by atoms with Crippen LogP contribution < -0.4 is 9.64 Å². The van der Waals surface area contributed by atoms with Crippen LogP contribution >= 0.6 is 0 Å². The van der Waals surface area contributed by atoms with Gasteiger partial charge in [-0.1, -0.05) is 18.6 Å². The molecule has 0 radical (unpaired) electrons. The zero-order chi connectivity index (χ0) is 26.9. The summed E-state index contributed by atoms with van der Waals surface area (Å²) in [7, 11) is 2.01. The van der Waals surface area contributed by atoms with Crippen molar-refractivity contribution in [3.8, 4) is 5.75 Å². The van der Waals surface area contributed by atoms with E-state index in [0.29, 0.717) is 25.3 Å². The maximum Gasteiger partial charge on any atom is 0.311 e. The molecule has 0 spiro atoms. The molecule has 1 fully saturated rings.